The van der Waals surface area contributed by atoms with E-state index in [4.69, 9.17) is 19.9 Å². The van der Waals surface area contributed by atoms with Crippen LogP contribution in [0.25, 0.3) is 11.0 Å². The number of ether oxygens (including phenoxy) is 3. The van der Waals surface area contributed by atoms with E-state index in [2.05, 4.69) is 9.97 Å². The Labute approximate surface area is 151 Å². The van der Waals surface area contributed by atoms with E-state index in [1.54, 1.807) is 19.2 Å². The second-order valence-electron chi connectivity index (χ2n) is 7.45. The van der Waals surface area contributed by atoms with Crippen LogP contribution in [0.5, 0.6) is 5.88 Å². The van der Waals surface area contributed by atoms with Crippen molar-refractivity contribution in [3.8, 4) is 5.88 Å². The first-order valence-corrected chi connectivity index (χ1v) is 8.92. The fraction of sp³-hybridized carbons (Fsp3) is 0.579. The molecule has 1 unspecified atom stereocenters. The SMILES string of the molecule is COc1ccc2ncc(F)c(CC(OC)C34CCC(N)(CC3)CO4)c2n1. The van der Waals surface area contributed by atoms with E-state index in [0.717, 1.165) is 25.7 Å². The van der Waals surface area contributed by atoms with E-state index in [0.29, 0.717) is 35.5 Å². The maximum Gasteiger partial charge on any atom is 0.213 e. The molecule has 2 N–H and O–H groups in total. The predicted molar refractivity (Wildman–Crippen MR) is 94.6 cm³/mol. The molecule has 2 aliphatic heterocycles. The molecule has 0 aromatic carbocycles. The topological polar surface area (TPSA) is 79.5 Å². The molecule has 1 saturated carbocycles. The molecule has 5 rings (SSSR count). The van der Waals surface area contributed by atoms with Crippen LogP contribution in [0.15, 0.2) is 18.3 Å². The van der Waals surface area contributed by atoms with Crippen LogP contribution in [0.2, 0.25) is 0 Å². The molecule has 3 fully saturated rings. The maximum atomic E-state index is 14.7. The highest BCUT2D eigenvalue weighted by molar-refractivity contribution is 5.78. The Kier molecular flexibility index (Phi) is 4.33. The minimum absolute atomic E-state index is 0.219. The van der Waals surface area contributed by atoms with Gasteiger partial charge >= 0.3 is 0 Å². The second-order valence-corrected chi connectivity index (χ2v) is 7.45. The second kappa shape index (κ2) is 6.40. The summed E-state index contributed by atoms with van der Waals surface area (Å²) in [5.74, 6) is 0.0364. The third kappa shape index (κ3) is 2.84. The monoisotopic (exact) mass is 361 g/mol. The van der Waals surface area contributed by atoms with Gasteiger partial charge in [0, 0.05) is 30.7 Å². The van der Waals surface area contributed by atoms with Gasteiger partial charge in [-0.2, -0.15) is 0 Å². The predicted octanol–water partition coefficient (Wildman–Crippen LogP) is 2.38. The van der Waals surface area contributed by atoms with Gasteiger partial charge in [0.15, 0.2) is 0 Å². The van der Waals surface area contributed by atoms with E-state index < -0.39 is 11.4 Å². The molecule has 3 aliphatic rings. The van der Waals surface area contributed by atoms with Crippen LogP contribution in [-0.4, -0.2) is 48.0 Å². The average molecular weight is 361 g/mol. The molecule has 1 atom stereocenters. The Hall–Kier alpha value is -1.83. The smallest absolute Gasteiger partial charge is 0.213 e. The number of hydrogen-bond donors (Lipinski definition) is 1. The molecule has 1 aliphatic carbocycles. The van der Waals surface area contributed by atoms with Crippen molar-refractivity contribution in [2.75, 3.05) is 20.8 Å². The highest BCUT2D eigenvalue weighted by atomic mass is 19.1. The zero-order valence-corrected chi connectivity index (χ0v) is 15.1. The molecule has 2 bridgehead atoms. The van der Waals surface area contributed by atoms with Crippen molar-refractivity contribution < 1.29 is 18.6 Å². The van der Waals surface area contributed by atoms with Crippen molar-refractivity contribution in [2.24, 2.45) is 5.73 Å². The van der Waals surface area contributed by atoms with Gasteiger partial charge < -0.3 is 19.9 Å². The lowest BCUT2D eigenvalue weighted by molar-refractivity contribution is -0.208. The Morgan fingerprint density at radius 1 is 1.27 bits per heavy atom. The lowest BCUT2D eigenvalue weighted by Crippen LogP contribution is -2.64. The van der Waals surface area contributed by atoms with Gasteiger partial charge in [-0.25, -0.2) is 9.37 Å². The van der Waals surface area contributed by atoms with Crippen molar-refractivity contribution in [1.82, 2.24) is 9.97 Å². The largest absolute Gasteiger partial charge is 0.481 e. The van der Waals surface area contributed by atoms with Crippen molar-refractivity contribution in [2.45, 2.75) is 49.3 Å². The quantitative estimate of drug-likeness (QED) is 0.881. The van der Waals surface area contributed by atoms with Gasteiger partial charge in [-0.15, -0.1) is 0 Å². The number of fused-ring (bicyclic) bond motifs is 4. The van der Waals surface area contributed by atoms with E-state index in [1.165, 1.54) is 13.3 Å². The number of halogens is 1. The van der Waals surface area contributed by atoms with Crippen LogP contribution in [0.1, 0.15) is 31.2 Å². The number of hydrogen-bond acceptors (Lipinski definition) is 6. The Bertz CT molecular complexity index is 804. The van der Waals surface area contributed by atoms with Crippen molar-refractivity contribution in [1.29, 1.82) is 0 Å². The minimum atomic E-state index is -0.420. The summed E-state index contributed by atoms with van der Waals surface area (Å²) in [5.41, 5.74) is 7.29. The van der Waals surface area contributed by atoms with Crippen LogP contribution in [0.3, 0.4) is 0 Å². The van der Waals surface area contributed by atoms with Crippen LogP contribution < -0.4 is 10.5 Å². The van der Waals surface area contributed by atoms with Crippen LogP contribution in [-0.2, 0) is 15.9 Å². The Morgan fingerprint density at radius 2 is 2.04 bits per heavy atom. The highest BCUT2D eigenvalue weighted by Gasteiger charge is 2.52. The molecule has 6 nitrogen and oxygen atoms in total. The number of rotatable bonds is 5. The molecule has 0 amide bonds. The van der Waals surface area contributed by atoms with Gasteiger partial charge in [-0.3, -0.25) is 4.98 Å². The standard InChI is InChI=1S/C19H24FN3O3/c1-24-15(19-7-5-18(21,6-8-19)11-26-19)9-12-13(20)10-22-14-3-4-16(25-2)23-17(12)14/h3-4,10,15H,5-9,11,21H2,1-2H3. The zero-order chi connectivity index (χ0) is 18.4. The van der Waals surface area contributed by atoms with Gasteiger partial charge in [-0.1, -0.05) is 0 Å². The third-order valence-electron chi connectivity index (χ3n) is 5.95. The van der Waals surface area contributed by atoms with Crippen molar-refractivity contribution in [3.05, 3.63) is 29.7 Å². The summed E-state index contributed by atoms with van der Waals surface area (Å²) in [4.78, 5) is 8.55. The fourth-order valence-corrected chi connectivity index (χ4v) is 4.22. The summed E-state index contributed by atoms with van der Waals surface area (Å²) >= 11 is 0. The minimum Gasteiger partial charge on any atom is -0.481 e. The van der Waals surface area contributed by atoms with Crippen LogP contribution >= 0.6 is 0 Å². The summed E-state index contributed by atoms with van der Waals surface area (Å²) in [7, 11) is 3.19. The molecule has 0 radical (unpaired) electrons. The number of nitrogens with zero attached hydrogens (tertiary/aromatic N) is 2. The highest BCUT2D eigenvalue weighted by Crippen LogP contribution is 2.46. The van der Waals surface area contributed by atoms with Crippen molar-refractivity contribution in [3.63, 3.8) is 0 Å². The van der Waals surface area contributed by atoms with E-state index in [1.807, 2.05) is 0 Å². The first-order chi connectivity index (χ1) is 12.5. The lowest BCUT2D eigenvalue weighted by atomic mass is 9.68. The fourth-order valence-electron chi connectivity index (χ4n) is 4.22. The first kappa shape index (κ1) is 17.6. The number of pyridine rings is 2. The van der Waals surface area contributed by atoms with E-state index in [-0.39, 0.29) is 11.6 Å². The Balaban J connectivity index is 1.70. The van der Waals surface area contributed by atoms with Gasteiger partial charge in [-0.05, 0) is 31.7 Å². The molecule has 2 aromatic heterocycles. The van der Waals surface area contributed by atoms with E-state index >= 15 is 0 Å². The molecule has 2 aromatic rings. The molecule has 0 spiro atoms. The normalized spacial score (nSPS) is 29.1. The molecule has 4 heterocycles. The van der Waals surface area contributed by atoms with Crippen molar-refractivity contribution >= 4 is 11.0 Å². The summed E-state index contributed by atoms with van der Waals surface area (Å²) < 4.78 is 31.8. The average Bonchev–Trinajstić information content (AvgIpc) is 2.68. The van der Waals surface area contributed by atoms with Gasteiger partial charge in [0.25, 0.3) is 0 Å². The molecule has 7 heteroatoms. The van der Waals surface area contributed by atoms with Crippen LogP contribution in [0.4, 0.5) is 4.39 Å². The molecule has 26 heavy (non-hydrogen) atoms. The Morgan fingerprint density at radius 3 is 2.65 bits per heavy atom. The molecule has 2 saturated heterocycles. The molecular weight excluding hydrogens is 337 g/mol. The van der Waals surface area contributed by atoms with Gasteiger partial charge in [0.2, 0.25) is 5.88 Å². The zero-order valence-electron chi connectivity index (χ0n) is 15.1. The van der Waals surface area contributed by atoms with Gasteiger partial charge in [0.1, 0.15) is 5.82 Å². The lowest BCUT2D eigenvalue weighted by Gasteiger charge is -2.54. The first-order valence-electron chi connectivity index (χ1n) is 8.92. The molecule has 140 valence electrons. The van der Waals surface area contributed by atoms with E-state index in [9.17, 15) is 4.39 Å². The number of methoxy groups -OCH3 is 2. The summed E-state index contributed by atoms with van der Waals surface area (Å²) in [6, 6.07) is 3.50. The molecular formula is C19H24FN3O3. The summed E-state index contributed by atoms with van der Waals surface area (Å²) in [6.45, 7) is 0.526. The van der Waals surface area contributed by atoms with Gasteiger partial charge in [0.05, 0.1) is 42.7 Å². The van der Waals surface area contributed by atoms with Crippen LogP contribution in [0, 0.1) is 5.82 Å². The summed E-state index contributed by atoms with van der Waals surface area (Å²) in [6.07, 6.45) is 4.77. The maximum absolute atomic E-state index is 14.7. The number of nitrogens with two attached hydrogens (primary N) is 1. The third-order valence-corrected chi connectivity index (χ3v) is 5.95. The number of aromatic nitrogens is 2. The summed E-state index contributed by atoms with van der Waals surface area (Å²) in [5, 5.41) is 0.